The summed E-state index contributed by atoms with van der Waals surface area (Å²) >= 11 is 0. The van der Waals surface area contributed by atoms with E-state index in [1.54, 1.807) is 4.90 Å². The van der Waals surface area contributed by atoms with Gasteiger partial charge in [-0.2, -0.15) is 0 Å². The van der Waals surface area contributed by atoms with Crippen LogP contribution in [0.15, 0.2) is 0 Å². The Morgan fingerprint density at radius 1 is 1.39 bits per heavy atom. The van der Waals surface area contributed by atoms with Crippen LogP contribution in [0.5, 0.6) is 0 Å². The van der Waals surface area contributed by atoms with E-state index in [1.165, 1.54) is 0 Å². The number of unbranched alkanes of at least 4 members (excludes halogenated alkanes) is 1. The predicted octanol–water partition coefficient (Wildman–Crippen LogP) is 1.90. The fourth-order valence-electron chi connectivity index (χ4n) is 2.20. The summed E-state index contributed by atoms with van der Waals surface area (Å²) in [6, 6.07) is 0. The minimum atomic E-state index is -0.866. The number of rotatable bonds is 5. The van der Waals surface area contributed by atoms with Crippen molar-refractivity contribution in [2.75, 3.05) is 13.1 Å². The Morgan fingerprint density at radius 2 is 2.00 bits per heavy atom. The van der Waals surface area contributed by atoms with E-state index in [9.17, 15) is 9.59 Å². The molecule has 0 aromatic carbocycles. The molecule has 0 aliphatic carbocycles. The van der Waals surface area contributed by atoms with Crippen LogP contribution in [0.4, 0.5) is 4.79 Å². The van der Waals surface area contributed by atoms with Gasteiger partial charge in [-0.05, 0) is 31.6 Å². The SMILES string of the molecule is CCCCC(OC(N)=O)C(=O)N1CCC(C)CC1. The first-order valence-electron chi connectivity index (χ1n) is 6.79. The molecule has 1 rings (SSSR count). The third kappa shape index (κ3) is 4.55. The van der Waals surface area contributed by atoms with E-state index in [4.69, 9.17) is 10.5 Å². The average Bonchev–Trinajstić information content (AvgIpc) is 2.34. The Bertz CT molecular complexity index is 286. The Hall–Kier alpha value is -1.26. The molecular weight excluding hydrogens is 232 g/mol. The predicted molar refractivity (Wildman–Crippen MR) is 69.0 cm³/mol. The molecule has 0 spiro atoms. The number of likely N-dealkylation sites (tertiary alicyclic amines) is 1. The maximum absolute atomic E-state index is 12.2. The molecule has 5 nitrogen and oxygen atoms in total. The average molecular weight is 256 g/mol. The summed E-state index contributed by atoms with van der Waals surface area (Å²) in [6.07, 6.45) is 2.85. The molecule has 18 heavy (non-hydrogen) atoms. The van der Waals surface area contributed by atoms with Crippen LogP contribution in [0.25, 0.3) is 0 Å². The molecule has 1 atom stereocenters. The van der Waals surface area contributed by atoms with Crippen molar-refractivity contribution in [1.29, 1.82) is 0 Å². The molecule has 1 saturated heterocycles. The van der Waals surface area contributed by atoms with Gasteiger partial charge in [0.1, 0.15) is 0 Å². The number of hydrogen-bond donors (Lipinski definition) is 1. The van der Waals surface area contributed by atoms with Crippen LogP contribution in [0.3, 0.4) is 0 Å². The molecule has 5 heteroatoms. The van der Waals surface area contributed by atoms with Gasteiger partial charge in [0, 0.05) is 13.1 Å². The Balaban J connectivity index is 2.54. The number of carbonyl (C=O) groups excluding carboxylic acids is 2. The second-order valence-electron chi connectivity index (χ2n) is 5.08. The van der Waals surface area contributed by atoms with Crippen LogP contribution in [0.2, 0.25) is 0 Å². The van der Waals surface area contributed by atoms with Crippen LogP contribution >= 0.6 is 0 Å². The minimum absolute atomic E-state index is 0.0887. The van der Waals surface area contributed by atoms with Crippen molar-refractivity contribution in [2.24, 2.45) is 11.7 Å². The molecule has 1 aliphatic rings. The van der Waals surface area contributed by atoms with Crippen LogP contribution in [-0.2, 0) is 9.53 Å². The Morgan fingerprint density at radius 3 is 2.50 bits per heavy atom. The Kier molecular flexibility index (Phi) is 5.95. The summed E-state index contributed by atoms with van der Waals surface area (Å²) < 4.78 is 4.94. The summed E-state index contributed by atoms with van der Waals surface area (Å²) in [6.45, 7) is 5.74. The van der Waals surface area contributed by atoms with Crippen molar-refractivity contribution >= 4 is 12.0 Å². The Labute approximate surface area is 109 Å². The van der Waals surface area contributed by atoms with Crippen molar-refractivity contribution in [3.63, 3.8) is 0 Å². The highest BCUT2D eigenvalue weighted by Crippen LogP contribution is 2.18. The van der Waals surface area contributed by atoms with E-state index in [-0.39, 0.29) is 5.91 Å². The molecule has 0 aromatic heterocycles. The number of nitrogens with zero attached hydrogens (tertiary/aromatic N) is 1. The zero-order valence-corrected chi connectivity index (χ0v) is 11.4. The molecular formula is C13H24N2O3. The van der Waals surface area contributed by atoms with Crippen molar-refractivity contribution < 1.29 is 14.3 Å². The summed E-state index contributed by atoms with van der Waals surface area (Å²) in [7, 11) is 0. The van der Waals surface area contributed by atoms with Crippen LogP contribution in [0, 0.1) is 5.92 Å². The second-order valence-corrected chi connectivity index (χ2v) is 5.08. The van der Waals surface area contributed by atoms with Gasteiger partial charge in [0.25, 0.3) is 5.91 Å². The van der Waals surface area contributed by atoms with Gasteiger partial charge in [0.15, 0.2) is 6.10 Å². The van der Waals surface area contributed by atoms with E-state index in [0.29, 0.717) is 12.3 Å². The number of carbonyl (C=O) groups is 2. The molecule has 104 valence electrons. The quantitative estimate of drug-likeness (QED) is 0.816. The van der Waals surface area contributed by atoms with Gasteiger partial charge in [0.2, 0.25) is 0 Å². The fourth-order valence-corrected chi connectivity index (χ4v) is 2.20. The van der Waals surface area contributed by atoms with Gasteiger partial charge in [-0.25, -0.2) is 4.79 Å². The maximum Gasteiger partial charge on any atom is 0.405 e. The van der Waals surface area contributed by atoms with Crippen molar-refractivity contribution in [2.45, 2.75) is 52.1 Å². The van der Waals surface area contributed by atoms with Gasteiger partial charge >= 0.3 is 6.09 Å². The van der Waals surface area contributed by atoms with E-state index in [2.05, 4.69) is 6.92 Å². The first kappa shape index (κ1) is 14.8. The summed E-state index contributed by atoms with van der Waals surface area (Å²) in [4.78, 5) is 24.9. The second kappa shape index (κ2) is 7.24. The molecule has 1 aliphatic heterocycles. The van der Waals surface area contributed by atoms with Crippen molar-refractivity contribution in [3.8, 4) is 0 Å². The number of hydrogen-bond acceptors (Lipinski definition) is 3. The highest BCUT2D eigenvalue weighted by molar-refractivity contribution is 5.83. The summed E-state index contributed by atoms with van der Waals surface area (Å²) in [5, 5.41) is 0. The zero-order chi connectivity index (χ0) is 13.5. The monoisotopic (exact) mass is 256 g/mol. The molecule has 1 fully saturated rings. The summed E-state index contributed by atoms with van der Waals surface area (Å²) in [5.41, 5.74) is 5.02. The number of primary amides is 1. The minimum Gasteiger partial charge on any atom is -0.436 e. The smallest absolute Gasteiger partial charge is 0.405 e. The van der Waals surface area contributed by atoms with Crippen molar-refractivity contribution in [3.05, 3.63) is 0 Å². The lowest BCUT2D eigenvalue weighted by Crippen LogP contribution is -2.45. The lowest BCUT2D eigenvalue weighted by atomic mass is 9.98. The highest BCUT2D eigenvalue weighted by Gasteiger charge is 2.28. The molecule has 2 amide bonds. The number of nitrogens with two attached hydrogens (primary N) is 1. The molecule has 0 bridgehead atoms. The fraction of sp³-hybridized carbons (Fsp3) is 0.846. The van der Waals surface area contributed by atoms with Gasteiger partial charge in [-0.15, -0.1) is 0 Å². The topological polar surface area (TPSA) is 72.6 Å². The molecule has 0 aromatic rings. The molecule has 1 unspecified atom stereocenters. The lowest BCUT2D eigenvalue weighted by molar-refractivity contribution is -0.142. The van der Waals surface area contributed by atoms with Crippen molar-refractivity contribution in [1.82, 2.24) is 4.90 Å². The highest BCUT2D eigenvalue weighted by atomic mass is 16.6. The molecule has 2 N–H and O–H groups in total. The van der Waals surface area contributed by atoms with Gasteiger partial charge in [0.05, 0.1) is 0 Å². The maximum atomic E-state index is 12.2. The van der Waals surface area contributed by atoms with Crippen LogP contribution in [0.1, 0.15) is 46.0 Å². The molecule has 0 radical (unpaired) electrons. The van der Waals surface area contributed by atoms with E-state index in [0.717, 1.165) is 38.8 Å². The summed E-state index contributed by atoms with van der Waals surface area (Å²) in [5.74, 6) is 0.578. The third-order valence-corrected chi connectivity index (χ3v) is 3.45. The van der Waals surface area contributed by atoms with Gasteiger partial charge in [-0.1, -0.05) is 20.3 Å². The number of amides is 2. The first-order chi connectivity index (χ1) is 8.54. The van der Waals surface area contributed by atoms with E-state index in [1.807, 2.05) is 6.92 Å². The zero-order valence-electron chi connectivity index (χ0n) is 11.4. The largest absolute Gasteiger partial charge is 0.436 e. The van der Waals surface area contributed by atoms with E-state index < -0.39 is 12.2 Å². The van der Waals surface area contributed by atoms with Crippen LogP contribution < -0.4 is 5.73 Å². The van der Waals surface area contributed by atoms with Crippen LogP contribution in [-0.4, -0.2) is 36.1 Å². The number of piperidine rings is 1. The van der Waals surface area contributed by atoms with Gasteiger partial charge in [-0.3, -0.25) is 4.79 Å². The lowest BCUT2D eigenvalue weighted by Gasteiger charge is -2.32. The normalized spacial score (nSPS) is 18.4. The van der Waals surface area contributed by atoms with E-state index >= 15 is 0 Å². The standard InChI is InChI=1S/C13H24N2O3/c1-3-4-5-11(18-13(14)17)12(16)15-8-6-10(2)7-9-15/h10-11H,3-9H2,1-2H3,(H2,14,17). The third-order valence-electron chi connectivity index (χ3n) is 3.45. The first-order valence-corrected chi connectivity index (χ1v) is 6.79. The van der Waals surface area contributed by atoms with Gasteiger partial charge < -0.3 is 15.4 Å². The molecule has 0 saturated carbocycles. The molecule has 1 heterocycles. The number of ether oxygens (including phenoxy) is 1.